The molecule has 0 bridgehead atoms. The molecule has 1 unspecified atom stereocenters. The molecular weight excluding hydrogens is 264 g/mol. The molecule has 7 nitrogen and oxygen atoms in total. The molecule has 1 heterocycles. The number of carbonyl (C=O) groups excluding carboxylic acids is 2. The number of imide groups is 1. The van der Waals surface area contributed by atoms with E-state index in [0.717, 1.165) is 25.9 Å². The lowest BCUT2D eigenvalue weighted by molar-refractivity contribution is -0.137. The summed E-state index contributed by atoms with van der Waals surface area (Å²) in [6, 6.07) is -0.526. The maximum atomic E-state index is 11.4. The second-order valence-corrected chi connectivity index (χ2v) is 4.85. The number of carbonyl (C=O) groups is 3. The minimum Gasteiger partial charge on any atom is -0.481 e. The highest BCUT2D eigenvalue weighted by molar-refractivity contribution is 5.94. The highest BCUT2D eigenvalue weighted by atomic mass is 16.5. The highest BCUT2D eigenvalue weighted by Crippen LogP contribution is 2.11. The largest absolute Gasteiger partial charge is 0.481 e. The molecule has 0 aromatic rings. The Morgan fingerprint density at radius 1 is 1.15 bits per heavy atom. The van der Waals surface area contributed by atoms with Crippen LogP contribution in [0.5, 0.6) is 0 Å². The van der Waals surface area contributed by atoms with Crippen molar-refractivity contribution in [3.8, 4) is 0 Å². The lowest BCUT2D eigenvalue weighted by Crippen LogP contribution is -2.43. The fourth-order valence-corrected chi connectivity index (χ4v) is 1.97. The molecule has 114 valence electrons. The van der Waals surface area contributed by atoms with Crippen LogP contribution in [0.25, 0.3) is 0 Å². The monoisotopic (exact) mass is 286 g/mol. The number of rotatable bonds is 7. The van der Waals surface area contributed by atoms with E-state index in [1.807, 2.05) is 0 Å². The van der Waals surface area contributed by atoms with Gasteiger partial charge in [0.15, 0.2) is 0 Å². The van der Waals surface area contributed by atoms with Crippen LogP contribution in [0.15, 0.2) is 0 Å². The Kier molecular flexibility index (Phi) is 7.64. The molecule has 0 saturated carbocycles. The number of unbranched alkanes of at least 4 members (excludes halogenated alkanes) is 1. The van der Waals surface area contributed by atoms with Crippen LogP contribution in [0, 0.1) is 0 Å². The van der Waals surface area contributed by atoms with E-state index in [1.165, 1.54) is 0 Å². The van der Waals surface area contributed by atoms with Crippen LogP contribution < -0.4 is 10.6 Å². The van der Waals surface area contributed by atoms with Gasteiger partial charge in [-0.05, 0) is 32.1 Å². The summed E-state index contributed by atoms with van der Waals surface area (Å²) in [6.07, 6.45) is 4.17. The summed E-state index contributed by atoms with van der Waals surface area (Å²) < 4.78 is 5.45. The Morgan fingerprint density at radius 2 is 1.90 bits per heavy atom. The zero-order valence-electron chi connectivity index (χ0n) is 11.5. The minimum absolute atomic E-state index is 0.0279. The molecule has 1 aliphatic heterocycles. The molecule has 7 heteroatoms. The zero-order chi connectivity index (χ0) is 14.8. The van der Waals surface area contributed by atoms with Gasteiger partial charge in [-0.25, -0.2) is 4.79 Å². The van der Waals surface area contributed by atoms with Gasteiger partial charge in [0.05, 0.1) is 6.10 Å². The first kappa shape index (κ1) is 16.4. The zero-order valence-corrected chi connectivity index (χ0v) is 11.5. The number of aliphatic carboxylic acids is 1. The molecule has 0 aromatic heterocycles. The number of carboxylic acid groups (broad SMARTS) is 1. The van der Waals surface area contributed by atoms with Crippen molar-refractivity contribution in [2.45, 2.75) is 51.0 Å². The number of carboxylic acids is 1. The molecule has 1 rings (SSSR count). The number of amides is 3. The Labute approximate surface area is 118 Å². The van der Waals surface area contributed by atoms with Crippen LogP contribution in [-0.2, 0) is 14.3 Å². The van der Waals surface area contributed by atoms with Crippen LogP contribution in [0.1, 0.15) is 44.9 Å². The van der Waals surface area contributed by atoms with E-state index >= 15 is 0 Å². The van der Waals surface area contributed by atoms with Gasteiger partial charge in [0.1, 0.15) is 0 Å². The van der Waals surface area contributed by atoms with Crippen LogP contribution in [0.2, 0.25) is 0 Å². The lowest BCUT2D eigenvalue weighted by atomic mass is 10.1. The van der Waals surface area contributed by atoms with E-state index in [4.69, 9.17) is 9.84 Å². The van der Waals surface area contributed by atoms with Crippen molar-refractivity contribution in [2.24, 2.45) is 0 Å². The molecule has 0 spiro atoms. The van der Waals surface area contributed by atoms with E-state index in [9.17, 15) is 14.4 Å². The molecular formula is C13H22N2O5. The Balaban J connectivity index is 2.05. The SMILES string of the molecule is O=C(O)CCCCC(=O)NC(=O)NCC1CCCCO1. The van der Waals surface area contributed by atoms with Crippen molar-refractivity contribution in [3.05, 3.63) is 0 Å². The molecule has 1 aliphatic rings. The van der Waals surface area contributed by atoms with Crippen molar-refractivity contribution >= 4 is 17.9 Å². The van der Waals surface area contributed by atoms with Crippen LogP contribution >= 0.6 is 0 Å². The quantitative estimate of drug-likeness (QED) is 0.606. The topological polar surface area (TPSA) is 105 Å². The van der Waals surface area contributed by atoms with E-state index in [1.54, 1.807) is 0 Å². The van der Waals surface area contributed by atoms with Gasteiger partial charge >= 0.3 is 12.0 Å². The van der Waals surface area contributed by atoms with Crippen molar-refractivity contribution in [3.63, 3.8) is 0 Å². The van der Waals surface area contributed by atoms with Gasteiger partial charge < -0.3 is 15.2 Å². The molecule has 1 saturated heterocycles. The summed E-state index contributed by atoms with van der Waals surface area (Å²) in [7, 11) is 0. The third kappa shape index (κ3) is 7.73. The lowest BCUT2D eigenvalue weighted by Gasteiger charge is -2.22. The van der Waals surface area contributed by atoms with Crippen molar-refractivity contribution in [1.82, 2.24) is 10.6 Å². The summed E-state index contributed by atoms with van der Waals surface area (Å²) in [5.74, 6) is -1.27. The van der Waals surface area contributed by atoms with Crippen LogP contribution in [-0.4, -0.2) is 42.3 Å². The smallest absolute Gasteiger partial charge is 0.321 e. The van der Waals surface area contributed by atoms with Crippen molar-refractivity contribution in [1.29, 1.82) is 0 Å². The molecule has 3 N–H and O–H groups in total. The van der Waals surface area contributed by atoms with Gasteiger partial charge in [-0.2, -0.15) is 0 Å². The third-order valence-electron chi connectivity index (χ3n) is 3.06. The number of urea groups is 1. The number of nitrogens with one attached hydrogen (secondary N) is 2. The van der Waals surface area contributed by atoms with Gasteiger partial charge in [-0.3, -0.25) is 14.9 Å². The Hall–Kier alpha value is -1.63. The van der Waals surface area contributed by atoms with Gasteiger partial charge in [0.2, 0.25) is 5.91 Å². The molecule has 0 aromatic carbocycles. The average Bonchev–Trinajstić information content (AvgIpc) is 2.42. The summed E-state index contributed by atoms with van der Waals surface area (Å²) in [6.45, 7) is 1.12. The fourth-order valence-electron chi connectivity index (χ4n) is 1.97. The molecule has 1 fully saturated rings. The van der Waals surface area contributed by atoms with Crippen LogP contribution in [0.4, 0.5) is 4.79 Å². The van der Waals surface area contributed by atoms with Crippen molar-refractivity contribution < 1.29 is 24.2 Å². The molecule has 1 atom stereocenters. The Bertz CT molecular complexity index is 340. The first-order valence-electron chi connectivity index (χ1n) is 6.99. The maximum Gasteiger partial charge on any atom is 0.321 e. The number of hydrogen-bond donors (Lipinski definition) is 3. The predicted molar refractivity (Wildman–Crippen MR) is 71.2 cm³/mol. The van der Waals surface area contributed by atoms with E-state index in [-0.39, 0.29) is 18.9 Å². The number of hydrogen-bond acceptors (Lipinski definition) is 4. The molecule has 0 aliphatic carbocycles. The first-order chi connectivity index (χ1) is 9.58. The average molecular weight is 286 g/mol. The number of ether oxygens (including phenoxy) is 1. The van der Waals surface area contributed by atoms with Crippen LogP contribution in [0.3, 0.4) is 0 Å². The Morgan fingerprint density at radius 3 is 2.55 bits per heavy atom. The summed E-state index contributed by atoms with van der Waals surface area (Å²) in [5, 5.41) is 13.3. The second-order valence-electron chi connectivity index (χ2n) is 4.85. The van der Waals surface area contributed by atoms with E-state index in [2.05, 4.69) is 10.6 Å². The third-order valence-corrected chi connectivity index (χ3v) is 3.06. The van der Waals surface area contributed by atoms with Gasteiger partial charge in [-0.1, -0.05) is 0 Å². The van der Waals surface area contributed by atoms with Gasteiger partial charge in [-0.15, -0.1) is 0 Å². The molecule has 20 heavy (non-hydrogen) atoms. The molecule has 0 radical (unpaired) electrons. The normalized spacial score (nSPS) is 18.3. The standard InChI is InChI=1S/C13H22N2O5/c16-11(6-1-2-7-12(17)18)15-13(19)14-9-10-5-3-4-8-20-10/h10H,1-9H2,(H,17,18)(H2,14,15,16,19). The van der Waals surface area contributed by atoms with Gasteiger partial charge in [0.25, 0.3) is 0 Å². The predicted octanol–water partition coefficient (Wildman–Crippen LogP) is 1.03. The maximum absolute atomic E-state index is 11.4. The van der Waals surface area contributed by atoms with E-state index < -0.39 is 17.9 Å². The highest BCUT2D eigenvalue weighted by Gasteiger charge is 2.15. The fraction of sp³-hybridized carbons (Fsp3) is 0.769. The first-order valence-corrected chi connectivity index (χ1v) is 6.99. The van der Waals surface area contributed by atoms with Gasteiger partial charge in [0, 0.05) is 26.0 Å². The summed E-state index contributed by atoms with van der Waals surface area (Å²) in [4.78, 5) is 33.1. The second kappa shape index (κ2) is 9.30. The summed E-state index contributed by atoms with van der Waals surface area (Å²) in [5.41, 5.74) is 0. The van der Waals surface area contributed by atoms with Crippen molar-refractivity contribution in [2.75, 3.05) is 13.2 Å². The van der Waals surface area contributed by atoms with E-state index in [0.29, 0.717) is 19.4 Å². The molecule has 3 amide bonds. The summed E-state index contributed by atoms with van der Waals surface area (Å²) >= 11 is 0. The minimum atomic E-state index is -0.879.